The van der Waals surface area contributed by atoms with Gasteiger partial charge in [-0.05, 0) is 54.3 Å². The Morgan fingerprint density at radius 1 is 0.644 bits per heavy atom. The van der Waals surface area contributed by atoms with Crippen LogP contribution in [-0.4, -0.2) is 75.6 Å². The Labute approximate surface area is 259 Å². The van der Waals surface area contributed by atoms with Crippen molar-refractivity contribution in [3.05, 3.63) is 95.6 Å². The summed E-state index contributed by atoms with van der Waals surface area (Å²) in [5.74, 6) is -3.91. The molecule has 0 aliphatic carbocycles. The minimum Gasteiger partial charge on any atom is -0.508 e. The molecule has 3 rings (SSSR count). The number of nitrogens with two attached hydrogens (primary N) is 1. The summed E-state index contributed by atoms with van der Waals surface area (Å²) in [4.78, 5) is 63.1. The van der Waals surface area contributed by atoms with Crippen LogP contribution in [0, 0.1) is 0 Å². The number of amides is 4. The Balaban J connectivity index is 1.58. The first-order chi connectivity index (χ1) is 21.4. The van der Waals surface area contributed by atoms with E-state index in [1.807, 2.05) is 0 Å². The van der Waals surface area contributed by atoms with Crippen molar-refractivity contribution >= 4 is 29.6 Å². The van der Waals surface area contributed by atoms with Gasteiger partial charge in [-0.3, -0.25) is 19.2 Å². The highest BCUT2D eigenvalue weighted by atomic mass is 16.4. The SMILES string of the molecule is C[C@@H](NC(=O)[C@@H](N)Cc1ccc(O)cc1)C(=O)N[C@@H](Cc1ccccc1)C(=O)NCC(=O)N[C@@H](Cc1ccc(O)cc1)C(=O)O. The number of benzene rings is 3. The van der Waals surface area contributed by atoms with Gasteiger partial charge in [-0.2, -0.15) is 0 Å². The zero-order chi connectivity index (χ0) is 32.9. The summed E-state index contributed by atoms with van der Waals surface area (Å²) in [5, 5.41) is 38.3. The molecule has 45 heavy (non-hydrogen) atoms. The quantitative estimate of drug-likeness (QED) is 0.116. The number of hydrogen-bond acceptors (Lipinski definition) is 8. The van der Waals surface area contributed by atoms with Crippen LogP contribution in [0.4, 0.5) is 0 Å². The van der Waals surface area contributed by atoms with Gasteiger partial charge in [-0.1, -0.05) is 54.6 Å². The van der Waals surface area contributed by atoms with Crippen molar-refractivity contribution < 1.29 is 39.3 Å². The molecule has 0 saturated heterocycles. The van der Waals surface area contributed by atoms with Gasteiger partial charge in [0.15, 0.2) is 0 Å². The number of carboxylic acid groups (broad SMARTS) is 1. The second-order valence-electron chi connectivity index (χ2n) is 10.5. The summed E-state index contributed by atoms with van der Waals surface area (Å²) in [6.07, 6.45) is 0.184. The van der Waals surface area contributed by atoms with Crippen LogP contribution < -0.4 is 27.0 Å². The first-order valence-corrected chi connectivity index (χ1v) is 14.2. The third-order valence-corrected chi connectivity index (χ3v) is 6.83. The smallest absolute Gasteiger partial charge is 0.326 e. The summed E-state index contributed by atoms with van der Waals surface area (Å²) in [6, 6.07) is 16.4. The van der Waals surface area contributed by atoms with Crippen molar-refractivity contribution in [2.45, 2.75) is 50.4 Å². The fourth-order valence-corrected chi connectivity index (χ4v) is 4.32. The Hall–Kier alpha value is -5.43. The lowest BCUT2D eigenvalue weighted by Crippen LogP contribution is -2.56. The number of carbonyl (C=O) groups is 5. The van der Waals surface area contributed by atoms with E-state index >= 15 is 0 Å². The normalized spacial score (nSPS) is 13.4. The minimum absolute atomic E-state index is 0.0143. The number of phenols is 2. The second-order valence-corrected chi connectivity index (χ2v) is 10.5. The van der Waals surface area contributed by atoms with Crippen molar-refractivity contribution in [1.82, 2.24) is 21.3 Å². The number of rotatable bonds is 15. The van der Waals surface area contributed by atoms with Crippen LogP contribution >= 0.6 is 0 Å². The summed E-state index contributed by atoms with van der Waals surface area (Å²) in [7, 11) is 0. The largest absolute Gasteiger partial charge is 0.508 e. The summed E-state index contributed by atoms with van der Waals surface area (Å²) < 4.78 is 0. The molecule has 0 aromatic heterocycles. The molecule has 13 nitrogen and oxygen atoms in total. The average Bonchev–Trinajstić information content (AvgIpc) is 3.01. The Morgan fingerprint density at radius 3 is 1.71 bits per heavy atom. The molecule has 0 fully saturated rings. The first-order valence-electron chi connectivity index (χ1n) is 14.2. The maximum absolute atomic E-state index is 13.1. The van der Waals surface area contributed by atoms with Crippen LogP contribution in [0.1, 0.15) is 23.6 Å². The van der Waals surface area contributed by atoms with Gasteiger partial charge in [0.1, 0.15) is 29.6 Å². The van der Waals surface area contributed by atoms with Gasteiger partial charge in [-0.15, -0.1) is 0 Å². The molecule has 238 valence electrons. The molecule has 13 heteroatoms. The van der Waals surface area contributed by atoms with Crippen LogP contribution in [0.5, 0.6) is 11.5 Å². The number of phenolic OH excluding ortho intramolecular Hbond substituents is 2. The highest BCUT2D eigenvalue weighted by Crippen LogP contribution is 2.12. The van der Waals surface area contributed by atoms with Crippen LogP contribution in [-0.2, 0) is 43.2 Å². The highest BCUT2D eigenvalue weighted by Gasteiger charge is 2.27. The van der Waals surface area contributed by atoms with E-state index in [0.29, 0.717) is 11.1 Å². The fourth-order valence-electron chi connectivity index (χ4n) is 4.32. The summed E-state index contributed by atoms with van der Waals surface area (Å²) in [5.41, 5.74) is 8.00. The van der Waals surface area contributed by atoms with E-state index in [1.165, 1.54) is 43.3 Å². The lowest BCUT2D eigenvalue weighted by molar-refractivity contribution is -0.141. The lowest BCUT2D eigenvalue weighted by Gasteiger charge is -2.22. The number of aromatic hydroxyl groups is 2. The van der Waals surface area contributed by atoms with Crippen molar-refractivity contribution in [3.63, 3.8) is 0 Å². The lowest BCUT2D eigenvalue weighted by atomic mass is 10.0. The summed E-state index contributed by atoms with van der Waals surface area (Å²) >= 11 is 0. The van der Waals surface area contributed by atoms with Crippen LogP contribution in [0.2, 0.25) is 0 Å². The van der Waals surface area contributed by atoms with Crippen molar-refractivity contribution in [3.8, 4) is 11.5 Å². The van der Waals surface area contributed by atoms with Crippen molar-refractivity contribution in [2.24, 2.45) is 5.73 Å². The monoisotopic (exact) mass is 619 g/mol. The van der Waals surface area contributed by atoms with E-state index in [9.17, 15) is 39.3 Å². The molecular weight excluding hydrogens is 582 g/mol. The number of carboxylic acids is 1. The molecule has 0 bridgehead atoms. The van der Waals surface area contributed by atoms with Gasteiger partial charge in [0.25, 0.3) is 0 Å². The maximum atomic E-state index is 13.1. The van der Waals surface area contributed by atoms with E-state index < -0.39 is 60.3 Å². The Morgan fingerprint density at radius 2 is 1.16 bits per heavy atom. The third kappa shape index (κ3) is 11.3. The van der Waals surface area contributed by atoms with Gasteiger partial charge in [0, 0.05) is 12.8 Å². The minimum atomic E-state index is -1.29. The van der Waals surface area contributed by atoms with Crippen LogP contribution in [0.15, 0.2) is 78.9 Å². The molecule has 0 aliphatic heterocycles. The van der Waals surface area contributed by atoms with E-state index in [-0.39, 0.29) is 30.8 Å². The first kappa shape index (κ1) is 34.1. The Kier molecular flexibility index (Phi) is 12.4. The fraction of sp³-hybridized carbons (Fsp3) is 0.281. The number of carbonyl (C=O) groups excluding carboxylic acids is 4. The molecule has 4 atom stereocenters. The zero-order valence-corrected chi connectivity index (χ0v) is 24.6. The molecule has 9 N–H and O–H groups in total. The zero-order valence-electron chi connectivity index (χ0n) is 24.6. The van der Waals surface area contributed by atoms with E-state index in [2.05, 4.69) is 21.3 Å². The average molecular weight is 620 g/mol. The van der Waals surface area contributed by atoms with Gasteiger partial charge >= 0.3 is 5.97 Å². The standard InChI is InChI=1S/C32H37N5O8/c1-19(35-30(42)25(33)15-21-7-11-23(38)12-8-21)29(41)37-26(16-20-5-3-2-4-6-20)31(43)34-18-28(40)36-27(32(44)45)17-22-9-13-24(39)14-10-22/h2-14,19,25-27,38-39H,15-18,33H2,1H3,(H,34,43)(H,35,42)(H,36,40)(H,37,41)(H,44,45)/t19-,25+,26+,27+/m1/s1. The van der Waals surface area contributed by atoms with Gasteiger partial charge in [0.05, 0.1) is 12.6 Å². The molecular formula is C32H37N5O8. The molecule has 0 aliphatic rings. The van der Waals surface area contributed by atoms with Crippen molar-refractivity contribution in [1.29, 1.82) is 0 Å². The Bertz CT molecular complexity index is 1470. The van der Waals surface area contributed by atoms with Crippen LogP contribution in [0.25, 0.3) is 0 Å². The summed E-state index contributed by atoms with van der Waals surface area (Å²) in [6.45, 7) is 0.878. The molecule has 0 radical (unpaired) electrons. The molecule has 3 aromatic rings. The van der Waals surface area contributed by atoms with Gasteiger partial charge in [0.2, 0.25) is 23.6 Å². The van der Waals surface area contributed by atoms with E-state index in [1.54, 1.807) is 42.5 Å². The van der Waals surface area contributed by atoms with Gasteiger partial charge in [-0.25, -0.2) is 4.79 Å². The topological polar surface area (TPSA) is 220 Å². The highest BCUT2D eigenvalue weighted by molar-refractivity contribution is 5.94. The predicted molar refractivity (Wildman–Crippen MR) is 164 cm³/mol. The van der Waals surface area contributed by atoms with Crippen molar-refractivity contribution in [2.75, 3.05) is 6.54 Å². The van der Waals surface area contributed by atoms with Gasteiger partial charge < -0.3 is 42.3 Å². The number of nitrogens with one attached hydrogen (secondary N) is 4. The number of hydrogen-bond donors (Lipinski definition) is 8. The number of aliphatic carboxylic acids is 1. The maximum Gasteiger partial charge on any atom is 0.326 e. The predicted octanol–water partition coefficient (Wildman–Crippen LogP) is 0.128. The van der Waals surface area contributed by atoms with Crippen LogP contribution in [0.3, 0.4) is 0 Å². The molecule has 0 spiro atoms. The van der Waals surface area contributed by atoms with E-state index in [4.69, 9.17) is 5.73 Å². The second kappa shape index (κ2) is 16.4. The molecule has 0 saturated carbocycles. The molecule has 3 aromatic carbocycles. The molecule has 4 amide bonds. The molecule has 0 heterocycles. The third-order valence-electron chi connectivity index (χ3n) is 6.83. The van der Waals surface area contributed by atoms with E-state index in [0.717, 1.165) is 5.56 Å². The molecule has 0 unspecified atom stereocenters.